The van der Waals surface area contributed by atoms with Crippen LogP contribution in [0.15, 0.2) is 64.6 Å². The maximum absolute atomic E-state index is 12.8. The van der Waals surface area contributed by atoms with Crippen molar-refractivity contribution in [3.8, 4) is 5.69 Å². The van der Waals surface area contributed by atoms with Crippen LogP contribution in [0, 0.1) is 0 Å². The first-order valence-electron chi connectivity index (χ1n) is 10.9. The smallest absolute Gasteiger partial charge is 0.243 e. The van der Waals surface area contributed by atoms with E-state index in [2.05, 4.69) is 10.2 Å². The van der Waals surface area contributed by atoms with Gasteiger partial charge in [-0.15, -0.1) is 10.2 Å². The highest BCUT2D eigenvalue weighted by atomic mass is 32.2. The van der Waals surface area contributed by atoms with Crippen molar-refractivity contribution in [1.29, 1.82) is 0 Å². The number of sulfonamides is 1. The number of morpholine rings is 1. The lowest BCUT2D eigenvalue weighted by Crippen LogP contribution is -2.40. The molecule has 172 valence electrons. The van der Waals surface area contributed by atoms with Gasteiger partial charge >= 0.3 is 0 Å². The van der Waals surface area contributed by atoms with Crippen molar-refractivity contribution in [2.75, 3.05) is 32.1 Å². The molecule has 0 amide bonds. The largest absolute Gasteiger partial charge is 0.379 e. The number of para-hydroxylation sites is 1. The highest BCUT2D eigenvalue weighted by molar-refractivity contribution is 7.99. The molecule has 8 nitrogen and oxygen atoms in total. The van der Waals surface area contributed by atoms with Crippen molar-refractivity contribution in [2.45, 2.75) is 28.8 Å². The third-order valence-electron chi connectivity index (χ3n) is 5.73. The molecule has 1 saturated carbocycles. The molecule has 1 aliphatic heterocycles. The van der Waals surface area contributed by atoms with Crippen LogP contribution in [0.25, 0.3) is 5.69 Å². The molecule has 1 aliphatic carbocycles. The van der Waals surface area contributed by atoms with E-state index in [4.69, 9.17) is 4.74 Å². The summed E-state index contributed by atoms with van der Waals surface area (Å²) < 4.78 is 34.2. The molecule has 2 aromatic carbocycles. The van der Waals surface area contributed by atoms with Gasteiger partial charge in [0.1, 0.15) is 5.82 Å². The number of Topliss-reactive ketones (excluding diaryl/α,β-unsaturated/α-hetero) is 1. The fourth-order valence-corrected chi connectivity index (χ4v) is 6.02. The van der Waals surface area contributed by atoms with E-state index in [0.29, 0.717) is 42.9 Å². The Morgan fingerprint density at radius 1 is 1.00 bits per heavy atom. The zero-order chi connectivity index (χ0) is 22.8. The first-order chi connectivity index (χ1) is 16.0. The fraction of sp³-hybridized carbons (Fsp3) is 0.348. The summed E-state index contributed by atoms with van der Waals surface area (Å²) in [6.07, 6.45) is 2.21. The van der Waals surface area contributed by atoms with E-state index in [1.165, 1.54) is 28.2 Å². The summed E-state index contributed by atoms with van der Waals surface area (Å²) in [5.41, 5.74) is 1.45. The van der Waals surface area contributed by atoms with Crippen LogP contribution in [0.2, 0.25) is 0 Å². The predicted molar refractivity (Wildman–Crippen MR) is 124 cm³/mol. The molecule has 33 heavy (non-hydrogen) atoms. The van der Waals surface area contributed by atoms with Crippen LogP contribution in [-0.4, -0.2) is 65.3 Å². The van der Waals surface area contributed by atoms with E-state index >= 15 is 0 Å². The Morgan fingerprint density at radius 3 is 2.36 bits per heavy atom. The molecule has 1 saturated heterocycles. The first kappa shape index (κ1) is 22.3. The second-order valence-electron chi connectivity index (χ2n) is 8.04. The monoisotopic (exact) mass is 484 g/mol. The second kappa shape index (κ2) is 9.38. The Morgan fingerprint density at radius 2 is 1.70 bits per heavy atom. The predicted octanol–water partition coefficient (Wildman–Crippen LogP) is 3.14. The van der Waals surface area contributed by atoms with Crippen molar-refractivity contribution in [2.24, 2.45) is 0 Å². The average Bonchev–Trinajstić information content (AvgIpc) is 3.62. The summed E-state index contributed by atoms with van der Waals surface area (Å²) >= 11 is 1.34. The minimum Gasteiger partial charge on any atom is -0.379 e. The molecule has 0 radical (unpaired) electrons. The zero-order valence-corrected chi connectivity index (χ0v) is 19.6. The van der Waals surface area contributed by atoms with Crippen molar-refractivity contribution >= 4 is 27.6 Å². The molecule has 0 atom stereocenters. The summed E-state index contributed by atoms with van der Waals surface area (Å²) in [7, 11) is -3.58. The van der Waals surface area contributed by atoms with E-state index in [-0.39, 0.29) is 16.4 Å². The number of hydrogen-bond donors (Lipinski definition) is 0. The second-order valence-corrected chi connectivity index (χ2v) is 10.9. The molecule has 2 fully saturated rings. The normalized spacial score (nSPS) is 17.2. The van der Waals surface area contributed by atoms with Gasteiger partial charge in [-0.1, -0.05) is 42.1 Å². The van der Waals surface area contributed by atoms with E-state index in [9.17, 15) is 13.2 Å². The number of carbonyl (C=O) groups is 1. The molecule has 2 aliphatic rings. The van der Waals surface area contributed by atoms with Gasteiger partial charge in [-0.2, -0.15) is 4.31 Å². The summed E-state index contributed by atoms with van der Waals surface area (Å²) in [6, 6.07) is 16.1. The molecule has 1 aromatic heterocycles. The molecule has 2 heterocycles. The van der Waals surface area contributed by atoms with Crippen LogP contribution in [0.3, 0.4) is 0 Å². The maximum Gasteiger partial charge on any atom is 0.243 e. The lowest BCUT2D eigenvalue weighted by atomic mass is 10.1. The van der Waals surface area contributed by atoms with Crippen LogP contribution in [-0.2, 0) is 14.8 Å². The number of aromatic nitrogens is 3. The molecule has 0 bridgehead atoms. The van der Waals surface area contributed by atoms with Crippen LogP contribution in [0.5, 0.6) is 0 Å². The fourth-order valence-electron chi connectivity index (χ4n) is 3.76. The lowest BCUT2D eigenvalue weighted by Gasteiger charge is -2.26. The molecular weight excluding hydrogens is 460 g/mol. The van der Waals surface area contributed by atoms with Crippen molar-refractivity contribution in [3.05, 3.63) is 66.0 Å². The van der Waals surface area contributed by atoms with Crippen LogP contribution < -0.4 is 0 Å². The van der Waals surface area contributed by atoms with Gasteiger partial charge in [0.25, 0.3) is 0 Å². The topological polar surface area (TPSA) is 94.4 Å². The maximum atomic E-state index is 12.8. The van der Waals surface area contributed by atoms with Gasteiger partial charge in [0.05, 0.1) is 23.9 Å². The summed E-state index contributed by atoms with van der Waals surface area (Å²) in [4.78, 5) is 13.0. The van der Waals surface area contributed by atoms with E-state index in [1.54, 1.807) is 12.1 Å². The van der Waals surface area contributed by atoms with E-state index in [1.807, 2.05) is 34.9 Å². The van der Waals surface area contributed by atoms with Gasteiger partial charge < -0.3 is 4.74 Å². The van der Waals surface area contributed by atoms with Gasteiger partial charge in [0.15, 0.2) is 10.9 Å². The van der Waals surface area contributed by atoms with Gasteiger partial charge in [0.2, 0.25) is 10.0 Å². The highest BCUT2D eigenvalue weighted by Gasteiger charge is 2.31. The van der Waals surface area contributed by atoms with Crippen molar-refractivity contribution < 1.29 is 17.9 Å². The average molecular weight is 485 g/mol. The Hall–Kier alpha value is -2.53. The standard InChI is InChI=1S/C23H24N4O4S2/c28-21(17-8-10-20(11-9-17)33(29,30)26-12-14-31-15-13-26)16-32-23-25-24-22(18-6-7-18)27(23)19-4-2-1-3-5-19/h1-5,8-11,18H,6-7,12-16H2. The molecule has 10 heteroatoms. The van der Waals surface area contributed by atoms with Crippen LogP contribution >= 0.6 is 11.8 Å². The Balaban J connectivity index is 1.29. The lowest BCUT2D eigenvalue weighted by molar-refractivity contribution is 0.0730. The Bertz CT molecular complexity index is 1230. The van der Waals surface area contributed by atoms with Crippen LogP contribution in [0.4, 0.5) is 0 Å². The summed E-state index contributed by atoms with van der Waals surface area (Å²) in [6.45, 7) is 1.46. The number of hydrogen-bond acceptors (Lipinski definition) is 7. The zero-order valence-electron chi connectivity index (χ0n) is 18.0. The molecule has 0 N–H and O–H groups in total. The van der Waals surface area contributed by atoms with Gasteiger partial charge in [0, 0.05) is 30.3 Å². The van der Waals surface area contributed by atoms with E-state index in [0.717, 1.165) is 24.4 Å². The van der Waals surface area contributed by atoms with Crippen LogP contribution in [0.1, 0.15) is 34.9 Å². The SMILES string of the molecule is O=C(CSc1nnc(C2CC2)n1-c1ccccc1)c1ccc(S(=O)(=O)N2CCOCC2)cc1. The third kappa shape index (κ3) is 4.74. The van der Waals surface area contributed by atoms with Crippen molar-refractivity contribution in [1.82, 2.24) is 19.1 Å². The number of benzene rings is 2. The number of nitrogens with zero attached hydrogens (tertiary/aromatic N) is 4. The number of carbonyl (C=O) groups excluding carboxylic acids is 1. The quantitative estimate of drug-likeness (QED) is 0.358. The minimum atomic E-state index is -3.58. The minimum absolute atomic E-state index is 0.0918. The molecule has 5 rings (SSSR count). The summed E-state index contributed by atoms with van der Waals surface area (Å²) in [5.74, 6) is 1.45. The number of rotatable bonds is 8. The van der Waals surface area contributed by atoms with Crippen molar-refractivity contribution in [3.63, 3.8) is 0 Å². The molecule has 3 aromatic rings. The molecule has 0 spiro atoms. The number of ketones is 1. The van der Waals surface area contributed by atoms with Gasteiger partial charge in [-0.05, 0) is 37.1 Å². The third-order valence-corrected chi connectivity index (χ3v) is 8.57. The Kier molecular flexibility index (Phi) is 6.33. The Labute approximate surface area is 197 Å². The van der Waals surface area contributed by atoms with Gasteiger partial charge in [-0.25, -0.2) is 8.42 Å². The van der Waals surface area contributed by atoms with Gasteiger partial charge in [-0.3, -0.25) is 9.36 Å². The number of ether oxygens (including phenoxy) is 1. The molecule has 0 unspecified atom stereocenters. The summed E-state index contributed by atoms with van der Waals surface area (Å²) in [5, 5.41) is 9.42. The highest BCUT2D eigenvalue weighted by Crippen LogP contribution is 2.41. The first-order valence-corrected chi connectivity index (χ1v) is 13.3. The molecular formula is C23H24N4O4S2. The number of thioether (sulfide) groups is 1. The van der Waals surface area contributed by atoms with E-state index < -0.39 is 10.0 Å².